The number of rotatable bonds is 10. The fraction of sp³-hybridized carbons (Fsp3) is 0.645. The van der Waals surface area contributed by atoms with Crippen molar-refractivity contribution < 1.29 is 22.8 Å². The first-order chi connectivity index (χ1) is 19.7. The van der Waals surface area contributed by atoms with E-state index < -0.39 is 22.4 Å². The number of pyridine rings is 1. The van der Waals surface area contributed by atoms with E-state index in [-0.39, 0.29) is 17.8 Å². The van der Waals surface area contributed by atoms with Crippen LogP contribution in [0.1, 0.15) is 81.8 Å². The van der Waals surface area contributed by atoms with Crippen molar-refractivity contribution in [2.75, 3.05) is 25.0 Å². The summed E-state index contributed by atoms with van der Waals surface area (Å²) in [6.45, 7) is 3.76. The molecule has 0 amide bonds. The van der Waals surface area contributed by atoms with Crippen molar-refractivity contribution in [1.29, 1.82) is 0 Å². The minimum Gasteiger partial charge on any atom is -0.489 e. The van der Waals surface area contributed by atoms with Crippen molar-refractivity contribution in [2.45, 2.75) is 95.4 Å². The molecule has 0 atom stereocenters. The second-order valence-electron chi connectivity index (χ2n) is 12.2. The molecule has 1 N–H and O–H groups in total. The van der Waals surface area contributed by atoms with Crippen molar-refractivity contribution in [3.05, 3.63) is 57.9 Å². The molecule has 1 aromatic carbocycles. The summed E-state index contributed by atoms with van der Waals surface area (Å²) >= 11 is 0. The highest BCUT2D eigenvalue weighted by Crippen LogP contribution is 2.38. The number of benzene rings is 1. The van der Waals surface area contributed by atoms with Crippen LogP contribution in [0, 0.1) is 22.0 Å². The van der Waals surface area contributed by atoms with E-state index in [4.69, 9.17) is 4.74 Å². The SMILES string of the molecule is O=[N+]([O-])c1ccc(N[C@H]2CC[C@H](Oc3cncc(CCC4CCN(CC5CCCC5)CC4)c3)CC2)cc1C(F)(F)F. The maximum atomic E-state index is 13.3. The number of anilines is 1. The normalized spacial score (nSPS) is 23.0. The minimum atomic E-state index is -4.79. The van der Waals surface area contributed by atoms with Gasteiger partial charge in [0.25, 0.3) is 5.69 Å². The molecular weight excluding hydrogens is 533 g/mol. The average Bonchev–Trinajstić information content (AvgIpc) is 3.46. The van der Waals surface area contributed by atoms with E-state index in [2.05, 4.69) is 21.3 Å². The molecule has 10 heteroatoms. The number of piperidine rings is 1. The quantitative estimate of drug-likeness (QED) is 0.232. The van der Waals surface area contributed by atoms with Crippen LogP contribution in [0.3, 0.4) is 0 Å². The maximum absolute atomic E-state index is 13.3. The van der Waals surface area contributed by atoms with Crippen molar-refractivity contribution in [3.63, 3.8) is 0 Å². The lowest BCUT2D eigenvalue weighted by molar-refractivity contribution is -0.388. The molecule has 5 rings (SSSR count). The Balaban J connectivity index is 1.05. The Kier molecular flexibility index (Phi) is 9.68. The Bertz CT molecular complexity index is 1160. The molecule has 1 aliphatic heterocycles. The van der Waals surface area contributed by atoms with Crippen molar-refractivity contribution in [1.82, 2.24) is 9.88 Å². The van der Waals surface area contributed by atoms with E-state index in [9.17, 15) is 23.3 Å². The van der Waals surface area contributed by atoms with Crippen LogP contribution in [0.15, 0.2) is 36.7 Å². The molecule has 2 heterocycles. The highest BCUT2D eigenvalue weighted by molar-refractivity contribution is 5.55. The molecule has 2 saturated carbocycles. The summed E-state index contributed by atoms with van der Waals surface area (Å²) in [4.78, 5) is 17.1. The third-order valence-electron chi connectivity index (χ3n) is 9.16. The third kappa shape index (κ3) is 8.33. The summed E-state index contributed by atoms with van der Waals surface area (Å²) in [5.74, 6) is 2.47. The van der Waals surface area contributed by atoms with E-state index >= 15 is 0 Å². The van der Waals surface area contributed by atoms with Crippen LogP contribution >= 0.6 is 0 Å². The smallest absolute Gasteiger partial charge is 0.423 e. The number of aryl methyl sites for hydroxylation is 1. The molecule has 2 aromatic rings. The van der Waals surface area contributed by atoms with Gasteiger partial charge in [0.05, 0.1) is 17.2 Å². The summed E-state index contributed by atoms with van der Waals surface area (Å²) in [5, 5.41) is 14.1. The van der Waals surface area contributed by atoms with Crippen LogP contribution in [-0.2, 0) is 12.6 Å². The van der Waals surface area contributed by atoms with Gasteiger partial charge in [-0.05, 0) is 113 Å². The number of halogens is 3. The van der Waals surface area contributed by atoms with Crippen LogP contribution in [0.2, 0.25) is 0 Å². The van der Waals surface area contributed by atoms with Gasteiger partial charge in [-0.25, -0.2) is 0 Å². The minimum absolute atomic E-state index is 0.0218. The molecule has 1 aromatic heterocycles. The van der Waals surface area contributed by atoms with Crippen molar-refractivity contribution in [3.8, 4) is 5.75 Å². The second kappa shape index (κ2) is 13.4. The molecule has 7 nitrogen and oxygen atoms in total. The summed E-state index contributed by atoms with van der Waals surface area (Å²) in [6, 6.07) is 5.17. The van der Waals surface area contributed by atoms with E-state index in [1.807, 2.05) is 6.20 Å². The fourth-order valence-electron chi connectivity index (χ4n) is 6.82. The Hall–Kier alpha value is -2.88. The van der Waals surface area contributed by atoms with Crippen LogP contribution < -0.4 is 10.1 Å². The maximum Gasteiger partial charge on any atom is 0.423 e. The molecule has 224 valence electrons. The molecule has 0 bridgehead atoms. The fourth-order valence-corrected chi connectivity index (χ4v) is 6.82. The summed E-state index contributed by atoms with van der Waals surface area (Å²) in [6.07, 6.45) is 12.3. The van der Waals surface area contributed by atoms with Gasteiger partial charge in [-0.3, -0.25) is 15.1 Å². The molecule has 3 fully saturated rings. The van der Waals surface area contributed by atoms with Gasteiger partial charge in [0.15, 0.2) is 0 Å². The zero-order valence-electron chi connectivity index (χ0n) is 23.6. The van der Waals surface area contributed by atoms with E-state index in [0.29, 0.717) is 0 Å². The lowest BCUT2D eigenvalue weighted by Gasteiger charge is -2.33. The summed E-state index contributed by atoms with van der Waals surface area (Å²) in [5.41, 5.74) is -0.730. The van der Waals surface area contributed by atoms with Gasteiger partial charge >= 0.3 is 6.18 Å². The van der Waals surface area contributed by atoms with E-state index in [1.54, 1.807) is 6.20 Å². The number of likely N-dealkylation sites (tertiary alicyclic amines) is 1. The number of ether oxygens (including phenoxy) is 1. The predicted molar refractivity (Wildman–Crippen MR) is 152 cm³/mol. The lowest BCUT2D eigenvalue weighted by Crippen LogP contribution is -2.36. The molecular formula is C31H41F3N4O3. The number of hydrogen-bond donors (Lipinski definition) is 1. The van der Waals surface area contributed by atoms with Gasteiger partial charge in [-0.2, -0.15) is 13.2 Å². The highest BCUT2D eigenvalue weighted by Gasteiger charge is 2.38. The number of aromatic nitrogens is 1. The molecule has 2 aliphatic carbocycles. The number of nitrogens with zero attached hydrogens (tertiary/aromatic N) is 3. The van der Waals surface area contributed by atoms with Gasteiger partial charge < -0.3 is 15.0 Å². The van der Waals surface area contributed by atoms with Crippen LogP contribution in [-0.4, -0.2) is 46.6 Å². The van der Waals surface area contributed by atoms with Crippen molar-refractivity contribution in [2.24, 2.45) is 11.8 Å². The van der Waals surface area contributed by atoms with Gasteiger partial charge in [0.1, 0.15) is 11.3 Å². The topological polar surface area (TPSA) is 80.5 Å². The van der Waals surface area contributed by atoms with Gasteiger partial charge in [0, 0.05) is 30.5 Å². The Morgan fingerprint density at radius 2 is 1.71 bits per heavy atom. The first-order valence-corrected chi connectivity index (χ1v) is 15.2. The lowest BCUT2D eigenvalue weighted by atomic mass is 9.90. The van der Waals surface area contributed by atoms with Gasteiger partial charge in [-0.15, -0.1) is 0 Å². The third-order valence-corrected chi connectivity index (χ3v) is 9.16. The summed E-state index contributed by atoms with van der Waals surface area (Å²) in [7, 11) is 0. The zero-order valence-corrected chi connectivity index (χ0v) is 23.6. The Morgan fingerprint density at radius 3 is 2.39 bits per heavy atom. The monoisotopic (exact) mass is 574 g/mol. The van der Waals surface area contributed by atoms with Crippen molar-refractivity contribution >= 4 is 11.4 Å². The van der Waals surface area contributed by atoms with Gasteiger partial charge in [-0.1, -0.05) is 12.8 Å². The first kappa shape index (κ1) is 29.6. The molecule has 0 radical (unpaired) electrons. The molecule has 41 heavy (non-hydrogen) atoms. The average molecular weight is 575 g/mol. The standard InChI is InChI=1S/C31H41F3N4O3/c32-31(33,34)29-18-26(9-12-30(29)38(39)40)36-25-7-10-27(11-8-25)41-28-17-24(19-35-20-28)6-5-22-13-15-37(16-14-22)21-23-3-1-2-4-23/h9,12,17-20,22-23,25,27,36H,1-8,10-11,13-16,21H2/t25-,27-. The van der Waals surface area contributed by atoms with E-state index in [1.165, 1.54) is 76.2 Å². The number of nitro groups is 1. The largest absolute Gasteiger partial charge is 0.489 e. The first-order valence-electron chi connectivity index (χ1n) is 15.2. The second-order valence-corrected chi connectivity index (χ2v) is 12.2. The Labute approximate surface area is 240 Å². The van der Waals surface area contributed by atoms with Crippen LogP contribution in [0.4, 0.5) is 24.5 Å². The van der Waals surface area contributed by atoms with Gasteiger partial charge in [0.2, 0.25) is 0 Å². The van der Waals surface area contributed by atoms with Crippen LogP contribution in [0.25, 0.3) is 0 Å². The molecule has 0 spiro atoms. The summed E-state index contributed by atoms with van der Waals surface area (Å²) < 4.78 is 46.2. The predicted octanol–water partition coefficient (Wildman–Crippen LogP) is 7.65. The Morgan fingerprint density at radius 1 is 0.976 bits per heavy atom. The van der Waals surface area contributed by atoms with Crippen LogP contribution in [0.5, 0.6) is 5.75 Å². The number of hydrogen-bond acceptors (Lipinski definition) is 6. The number of alkyl halides is 3. The number of nitrogens with one attached hydrogen (secondary N) is 1. The zero-order chi connectivity index (χ0) is 28.8. The number of nitro benzene ring substituents is 1. The molecule has 1 saturated heterocycles. The highest BCUT2D eigenvalue weighted by atomic mass is 19.4. The molecule has 3 aliphatic rings. The molecule has 0 unspecified atom stereocenters. The van der Waals surface area contributed by atoms with E-state index in [0.717, 1.165) is 61.8 Å².